The topological polar surface area (TPSA) is 48.1 Å². The molecule has 0 fully saturated rings. The summed E-state index contributed by atoms with van der Waals surface area (Å²) >= 11 is 3.67. The molecule has 0 saturated carbocycles. The van der Waals surface area contributed by atoms with Gasteiger partial charge in [-0.1, -0.05) is 83.7 Å². The molecule has 0 heterocycles. The Morgan fingerprint density at radius 2 is 0.825 bits per heavy atom. The van der Waals surface area contributed by atoms with E-state index in [0.29, 0.717) is 0 Å². The second-order valence-electron chi connectivity index (χ2n) is 9.95. The lowest BCUT2D eigenvalue weighted by atomic mass is 10.2. The standard InChI is InChI=1S/C32H54N4S4/c1-37-31-17-9-7-15-29(31)27-35-21-13-5-3-11-19-33-23-25-39-40-26-24-34-20-12-4-6-14-22-36-28-30-16-8-10-18-32(30)38-2/h7-10,15-18,33-36H,3-6,11-14,19-28H2,1-2H3. The minimum atomic E-state index is 0.984. The summed E-state index contributed by atoms with van der Waals surface area (Å²) in [4.78, 5) is 2.78. The smallest absolute Gasteiger partial charge is 0.0216 e. The summed E-state index contributed by atoms with van der Waals surface area (Å²) in [5.74, 6) is 2.39. The van der Waals surface area contributed by atoms with Gasteiger partial charge >= 0.3 is 0 Å². The van der Waals surface area contributed by atoms with Gasteiger partial charge < -0.3 is 21.3 Å². The Kier molecular flexibility index (Phi) is 23.6. The molecule has 8 heteroatoms. The highest BCUT2D eigenvalue weighted by atomic mass is 33.1. The molecule has 0 aliphatic carbocycles. The molecule has 226 valence electrons. The van der Waals surface area contributed by atoms with Crippen molar-refractivity contribution in [2.75, 3.05) is 63.3 Å². The molecule has 0 aliphatic heterocycles. The number of hydrogen-bond acceptors (Lipinski definition) is 8. The Hall–Kier alpha value is -0.320. The Labute approximate surface area is 262 Å². The largest absolute Gasteiger partial charge is 0.316 e. The SMILES string of the molecule is CSc1ccccc1CNCCCCCCNCCSSCCNCCCCCCNCc1ccccc1SC. The van der Waals surface area contributed by atoms with E-state index >= 15 is 0 Å². The first-order valence-corrected chi connectivity index (χ1v) is 20.1. The van der Waals surface area contributed by atoms with Crippen molar-refractivity contribution in [1.82, 2.24) is 21.3 Å². The van der Waals surface area contributed by atoms with Crippen molar-refractivity contribution in [3.05, 3.63) is 59.7 Å². The number of unbranched alkanes of at least 4 members (excludes halogenated alkanes) is 6. The zero-order valence-electron chi connectivity index (χ0n) is 25.0. The second-order valence-corrected chi connectivity index (χ2v) is 14.3. The lowest BCUT2D eigenvalue weighted by molar-refractivity contribution is 0.568. The molecule has 0 atom stereocenters. The van der Waals surface area contributed by atoms with Gasteiger partial charge in [-0.2, -0.15) is 0 Å². The van der Waals surface area contributed by atoms with Crippen molar-refractivity contribution in [2.24, 2.45) is 0 Å². The Morgan fingerprint density at radius 1 is 0.450 bits per heavy atom. The first-order valence-electron chi connectivity index (χ1n) is 15.2. The van der Waals surface area contributed by atoms with Crippen molar-refractivity contribution < 1.29 is 0 Å². The van der Waals surface area contributed by atoms with E-state index in [4.69, 9.17) is 0 Å². The van der Waals surface area contributed by atoms with Gasteiger partial charge in [-0.3, -0.25) is 0 Å². The van der Waals surface area contributed by atoms with Crippen molar-refractivity contribution in [1.29, 1.82) is 0 Å². The van der Waals surface area contributed by atoms with E-state index in [1.54, 1.807) is 0 Å². The highest BCUT2D eigenvalue weighted by molar-refractivity contribution is 8.76. The number of nitrogens with one attached hydrogen (secondary N) is 4. The third kappa shape index (κ3) is 18.3. The maximum atomic E-state index is 3.61. The van der Waals surface area contributed by atoms with Gasteiger partial charge in [0.25, 0.3) is 0 Å². The van der Waals surface area contributed by atoms with Crippen LogP contribution in [0.25, 0.3) is 0 Å². The molecule has 0 amide bonds. The maximum Gasteiger partial charge on any atom is 0.0216 e. The molecule has 2 rings (SSSR count). The highest BCUT2D eigenvalue weighted by Crippen LogP contribution is 2.21. The third-order valence-corrected chi connectivity index (χ3v) is 10.8. The fourth-order valence-corrected chi connectivity index (χ4v) is 7.58. The summed E-state index contributed by atoms with van der Waals surface area (Å²) in [6.07, 6.45) is 14.7. The Balaban J connectivity index is 1.22. The lowest BCUT2D eigenvalue weighted by Gasteiger charge is -2.09. The first-order chi connectivity index (χ1) is 19.8. The number of rotatable bonds is 27. The zero-order valence-corrected chi connectivity index (χ0v) is 28.2. The van der Waals surface area contributed by atoms with Crippen LogP contribution in [0.15, 0.2) is 58.3 Å². The Bertz CT molecular complexity index is 786. The van der Waals surface area contributed by atoms with Crippen LogP contribution in [0.2, 0.25) is 0 Å². The molecule has 2 aromatic rings. The van der Waals surface area contributed by atoms with E-state index in [1.165, 1.54) is 83.8 Å². The molecule has 40 heavy (non-hydrogen) atoms. The van der Waals surface area contributed by atoms with Crippen LogP contribution >= 0.6 is 45.1 Å². The van der Waals surface area contributed by atoms with E-state index in [-0.39, 0.29) is 0 Å². The van der Waals surface area contributed by atoms with Crippen molar-refractivity contribution in [3.8, 4) is 0 Å². The van der Waals surface area contributed by atoms with E-state index in [9.17, 15) is 0 Å². The maximum absolute atomic E-state index is 3.61. The predicted octanol–water partition coefficient (Wildman–Crippen LogP) is 7.69. The van der Waals surface area contributed by atoms with Gasteiger partial charge in [0.2, 0.25) is 0 Å². The summed E-state index contributed by atoms with van der Waals surface area (Å²) in [7, 11) is 4.02. The summed E-state index contributed by atoms with van der Waals surface area (Å²) in [5, 5.41) is 14.4. The normalized spacial score (nSPS) is 11.3. The lowest BCUT2D eigenvalue weighted by Crippen LogP contribution is -2.19. The zero-order chi connectivity index (χ0) is 28.4. The van der Waals surface area contributed by atoms with Crippen molar-refractivity contribution in [2.45, 2.75) is 74.2 Å². The van der Waals surface area contributed by atoms with Crippen LogP contribution in [0.3, 0.4) is 0 Å². The average Bonchev–Trinajstić information content (AvgIpc) is 2.99. The van der Waals surface area contributed by atoms with Gasteiger partial charge in [0.15, 0.2) is 0 Å². The molecule has 0 aromatic heterocycles. The summed E-state index contributed by atoms with van der Waals surface area (Å²) in [5.41, 5.74) is 2.84. The monoisotopic (exact) mass is 622 g/mol. The molecule has 4 N–H and O–H groups in total. The molecule has 0 aliphatic rings. The third-order valence-electron chi connectivity index (χ3n) is 6.74. The fourth-order valence-electron chi connectivity index (χ4n) is 4.45. The Morgan fingerprint density at radius 3 is 1.23 bits per heavy atom. The van der Waals surface area contributed by atoms with Crippen LogP contribution in [0.4, 0.5) is 0 Å². The average molecular weight is 623 g/mol. The molecule has 0 unspecified atom stereocenters. The van der Waals surface area contributed by atoms with Gasteiger partial charge in [0.05, 0.1) is 0 Å². The van der Waals surface area contributed by atoms with Gasteiger partial charge in [-0.15, -0.1) is 23.5 Å². The van der Waals surface area contributed by atoms with Crippen LogP contribution < -0.4 is 21.3 Å². The fraction of sp³-hybridized carbons (Fsp3) is 0.625. The molecule has 0 spiro atoms. The molecule has 0 bridgehead atoms. The minimum absolute atomic E-state index is 0.984. The van der Waals surface area contributed by atoms with E-state index in [1.807, 2.05) is 45.1 Å². The quantitative estimate of drug-likeness (QED) is 0.0460. The summed E-state index contributed by atoms with van der Waals surface area (Å²) < 4.78 is 0. The molecule has 4 nitrogen and oxygen atoms in total. The molecule has 0 radical (unpaired) electrons. The van der Waals surface area contributed by atoms with E-state index in [2.05, 4.69) is 82.3 Å². The highest BCUT2D eigenvalue weighted by Gasteiger charge is 2.01. The van der Waals surface area contributed by atoms with E-state index < -0.39 is 0 Å². The summed E-state index contributed by atoms with van der Waals surface area (Å²) in [6.45, 7) is 8.76. The van der Waals surface area contributed by atoms with Crippen LogP contribution in [0, 0.1) is 0 Å². The van der Waals surface area contributed by atoms with Crippen molar-refractivity contribution in [3.63, 3.8) is 0 Å². The van der Waals surface area contributed by atoms with E-state index in [0.717, 1.165) is 52.4 Å². The van der Waals surface area contributed by atoms with Crippen LogP contribution in [-0.2, 0) is 13.1 Å². The number of hydrogen-bond donors (Lipinski definition) is 4. The molecular formula is C32H54N4S4. The second kappa shape index (κ2) is 26.3. The van der Waals surface area contributed by atoms with Gasteiger partial charge in [0, 0.05) is 47.5 Å². The van der Waals surface area contributed by atoms with Crippen LogP contribution in [0.5, 0.6) is 0 Å². The minimum Gasteiger partial charge on any atom is -0.316 e. The van der Waals surface area contributed by atoms with Crippen molar-refractivity contribution >= 4 is 45.1 Å². The molecule has 2 aromatic carbocycles. The molecular weight excluding hydrogens is 569 g/mol. The van der Waals surface area contributed by atoms with Gasteiger partial charge in [-0.05, 0) is 87.6 Å². The van der Waals surface area contributed by atoms with Gasteiger partial charge in [0.1, 0.15) is 0 Å². The van der Waals surface area contributed by atoms with Crippen LogP contribution in [-0.4, -0.2) is 63.3 Å². The first kappa shape index (κ1) is 35.9. The van der Waals surface area contributed by atoms with Crippen LogP contribution in [0.1, 0.15) is 62.5 Å². The number of benzene rings is 2. The predicted molar refractivity (Wildman–Crippen MR) is 187 cm³/mol. The summed E-state index contributed by atoms with van der Waals surface area (Å²) in [6, 6.07) is 17.4. The van der Waals surface area contributed by atoms with Gasteiger partial charge in [-0.25, -0.2) is 0 Å². The number of thioether (sulfide) groups is 2. The molecule has 0 saturated heterocycles.